The molecule has 2 amide bonds. The number of aromatic nitrogens is 2. The first kappa shape index (κ1) is 22.1. The van der Waals surface area contributed by atoms with Crippen molar-refractivity contribution in [3.63, 3.8) is 0 Å². The molecule has 0 saturated carbocycles. The van der Waals surface area contributed by atoms with Gasteiger partial charge in [0.05, 0.1) is 5.56 Å². The third kappa shape index (κ3) is 3.18. The molecule has 2 N–H and O–H groups in total. The molecule has 3 rings (SSSR count). The Balaban J connectivity index is 2.23. The van der Waals surface area contributed by atoms with E-state index in [0.29, 0.717) is 21.3 Å². The molecule has 31 heavy (non-hydrogen) atoms. The number of carbonyl (C=O) groups excluding carboxylic acids is 2. The summed E-state index contributed by atoms with van der Waals surface area (Å²) in [5, 5.41) is 3.14. The van der Waals surface area contributed by atoms with Crippen LogP contribution in [0.3, 0.4) is 0 Å². The summed E-state index contributed by atoms with van der Waals surface area (Å²) in [7, 11) is 1.85. The van der Waals surface area contributed by atoms with Crippen LogP contribution in [0.5, 0.6) is 0 Å². The number of halogens is 6. The van der Waals surface area contributed by atoms with Gasteiger partial charge in [0.2, 0.25) is 0 Å². The quantitative estimate of drug-likeness (QED) is 0.673. The maximum Gasteiger partial charge on any atom is 0.425 e. The van der Waals surface area contributed by atoms with Gasteiger partial charge in [-0.05, 0) is 18.2 Å². The van der Waals surface area contributed by atoms with Gasteiger partial charge in [-0.1, -0.05) is 6.07 Å². The molecule has 1 atom stereocenters. The van der Waals surface area contributed by atoms with Crippen molar-refractivity contribution in [1.29, 1.82) is 0 Å². The highest BCUT2D eigenvalue weighted by Gasteiger charge is 2.68. The summed E-state index contributed by atoms with van der Waals surface area (Å²) in [5.74, 6) is -4.38. The molecule has 1 aliphatic rings. The van der Waals surface area contributed by atoms with Crippen molar-refractivity contribution in [2.75, 3.05) is 5.32 Å². The average molecular weight is 450 g/mol. The van der Waals surface area contributed by atoms with Crippen LogP contribution in [-0.4, -0.2) is 27.1 Å². The zero-order chi connectivity index (χ0) is 23.5. The Bertz CT molecular complexity index is 1230. The van der Waals surface area contributed by atoms with Crippen molar-refractivity contribution in [2.24, 2.45) is 14.1 Å². The molecule has 2 aromatic rings. The smallest absolute Gasteiger partial charge is 0.326 e. The molecule has 0 unspecified atom stereocenters. The molecule has 1 aromatic carbocycles. The lowest BCUT2D eigenvalue weighted by molar-refractivity contribution is -0.196. The number of alkyl halides is 6. The fourth-order valence-corrected chi connectivity index (χ4v) is 3.18. The van der Waals surface area contributed by atoms with Gasteiger partial charge in [-0.2, -0.15) is 26.3 Å². The van der Waals surface area contributed by atoms with Crippen LogP contribution in [-0.2, 0) is 30.6 Å². The molecule has 0 aliphatic carbocycles. The molecule has 1 aromatic heterocycles. The van der Waals surface area contributed by atoms with E-state index in [-0.39, 0.29) is 0 Å². The Morgan fingerprint density at radius 1 is 1.03 bits per heavy atom. The molecular formula is C17H12F6N4O4. The van der Waals surface area contributed by atoms with E-state index in [9.17, 15) is 45.5 Å². The Morgan fingerprint density at radius 3 is 2.19 bits per heavy atom. The zero-order valence-electron chi connectivity index (χ0n) is 15.6. The van der Waals surface area contributed by atoms with Gasteiger partial charge in [0.1, 0.15) is 11.4 Å². The fraction of sp³-hybridized carbons (Fsp3) is 0.294. The largest absolute Gasteiger partial charge is 0.425 e. The van der Waals surface area contributed by atoms with Crippen molar-refractivity contribution in [1.82, 2.24) is 14.5 Å². The van der Waals surface area contributed by atoms with E-state index in [1.165, 1.54) is 5.32 Å². The molecule has 0 spiro atoms. The normalized spacial score (nSPS) is 18.5. The van der Waals surface area contributed by atoms with E-state index in [1.54, 1.807) is 5.32 Å². The lowest BCUT2D eigenvalue weighted by Gasteiger charge is -2.30. The molecule has 166 valence electrons. The van der Waals surface area contributed by atoms with Crippen LogP contribution in [0, 0.1) is 0 Å². The minimum Gasteiger partial charge on any atom is -0.326 e. The van der Waals surface area contributed by atoms with Gasteiger partial charge in [-0.15, -0.1) is 0 Å². The second-order valence-corrected chi connectivity index (χ2v) is 6.66. The Hall–Kier alpha value is -3.58. The molecule has 2 heterocycles. The summed E-state index contributed by atoms with van der Waals surface area (Å²) in [6.07, 6.45) is -10.5. The number of carbonyl (C=O) groups is 2. The van der Waals surface area contributed by atoms with Crippen LogP contribution in [0.15, 0.2) is 33.9 Å². The number of nitrogens with one attached hydrogen (secondary N) is 2. The second-order valence-electron chi connectivity index (χ2n) is 6.66. The summed E-state index contributed by atoms with van der Waals surface area (Å²) in [6, 6.07) is 2.50. The van der Waals surface area contributed by atoms with Crippen molar-refractivity contribution < 1.29 is 35.9 Å². The molecule has 0 saturated heterocycles. The topological polar surface area (TPSA) is 102 Å². The summed E-state index contributed by atoms with van der Waals surface area (Å²) in [5.41, 5.74) is -9.93. The van der Waals surface area contributed by atoms with Gasteiger partial charge in [0.15, 0.2) is 0 Å². The molecule has 0 radical (unpaired) electrons. The SMILES string of the molecule is Cn1c2c(c(=O)n(C)c1=O)[C@](NC(=O)c1cccc(C(F)(F)F)c1)(C(F)(F)F)C(=O)N2. The minimum absolute atomic E-state index is 0.298. The summed E-state index contributed by atoms with van der Waals surface area (Å²) in [6.45, 7) is 0. The molecule has 8 nitrogen and oxygen atoms in total. The van der Waals surface area contributed by atoms with Gasteiger partial charge in [-0.3, -0.25) is 23.5 Å². The van der Waals surface area contributed by atoms with Gasteiger partial charge >= 0.3 is 18.0 Å². The zero-order valence-corrected chi connectivity index (χ0v) is 15.6. The van der Waals surface area contributed by atoms with E-state index in [0.717, 1.165) is 26.2 Å². The van der Waals surface area contributed by atoms with Crippen molar-refractivity contribution in [3.05, 3.63) is 61.8 Å². The lowest BCUT2D eigenvalue weighted by atomic mass is 9.91. The van der Waals surface area contributed by atoms with Crippen molar-refractivity contribution >= 4 is 17.6 Å². The van der Waals surface area contributed by atoms with Crippen molar-refractivity contribution in [2.45, 2.75) is 17.9 Å². The van der Waals surface area contributed by atoms with E-state index in [4.69, 9.17) is 0 Å². The number of fused-ring (bicyclic) bond motifs is 1. The first-order valence-corrected chi connectivity index (χ1v) is 8.31. The molecule has 0 fully saturated rings. The molecular weight excluding hydrogens is 438 g/mol. The number of rotatable bonds is 2. The third-order valence-electron chi connectivity index (χ3n) is 4.79. The predicted molar refractivity (Wildman–Crippen MR) is 92.2 cm³/mol. The van der Waals surface area contributed by atoms with Crippen molar-refractivity contribution in [3.8, 4) is 0 Å². The highest BCUT2D eigenvalue weighted by Crippen LogP contribution is 2.45. The fourth-order valence-electron chi connectivity index (χ4n) is 3.18. The summed E-state index contributed by atoms with van der Waals surface area (Å²) in [4.78, 5) is 49.4. The monoisotopic (exact) mass is 450 g/mol. The standard InChI is InChI=1S/C17H12F6N4O4/c1-26-10-9(12(29)27(2)14(26)31)15(13(30)24-10,17(21,22)23)25-11(28)7-4-3-5-8(6-7)16(18,19)20/h3-6H,1-2H3,(H,24,30)(H,25,28)/t15-/m1/s1. The second kappa shape index (κ2) is 6.72. The Kier molecular flexibility index (Phi) is 4.79. The maximum absolute atomic E-state index is 14.1. The summed E-state index contributed by atoms with van der Waals surface area (Å²) < 4.78 is 82.0. The van der Waals surface area contributed by atoms with Crippen LogP contribution < -0.4 is 21.9 Å². The van der Waals surface area contributed by atoms with E-state index in [1.807, 2.05) is 0 Å². The van der Waals surface area contributed by atoms with Crippen LogP contribution in [0.25, 0.3) is 0 Å². The molecule has 1 aliphatic heterocycles. The Morgan fingerprint density at radius 2 is 1.65 bits per heavy atom. The Labute approximate surface area is 168 Å². The van der Waals surface area contributed by atoms with Gasteiger partial charge < -0.3 is 10.6 Å². The van der Waals surface area contributed by atoms with Crippen LogP contribution in [0.2, 0.25) is 0 Å². The number of benzene rings is 1. The highest BCUT2D eigenvalue weighted by atomic mass is 19.4. The van der Waals surface area contributed by atoms with Crippen LogP contribution in [0.1, 0.15) is 21.5 Å². The van der Waals surface area contributed by atoms with E-state index >= 15 is 0 Å². The number of nitrogens with zero attached hydrogens (tertiary/aromatic N) is 2. The number of hydrogen-bond acceptors (Lipinski definition) is 4. The van der Waals surface area contributed by atoms with Gasteiger partial charge in [0, 0.05) is 19.7 Å². The maximum atomic E-state index is 14.1. The molecule has 0 bridgehead atoms. The average Bonchev–Trinajstić information content (AvgIpc) is 2.97. The highest BCUT2D eigenvalue weighted by molar-refractivity contribution is 6.09. The van der Waals surface area contributed by atoms with E-state index in [2.05, 4.69) is 0 Å². The number of hydrogen-bond donors (Lipinski definition) is 2. The van der Waals surface area contributed by atoms with E-state index < -0.39 is 63.5 Å². The first-order chi connectivity index (χ1) is 14.1. The predicted octanol–water partition coefficient (Wildman–Crippen LogP) is 1.24. The van der Waals surface area contributed by atoms with Crippen LogP contribution in [0.4, 0.5) is 32.2 Å². The first-order valence-electron chi connectivity index (χ1n) is 8.31. The third-order valence-corrected chi connectivity index (χ3v) is 4.79. The number of amides is 2. The minimum atomic E-state index is -5.59. The molecule has 14 heteroatoms. The van der Waals surface area contributed by atoms with Gasteiger partial charge in [-0.25, -0.2) is 4.79 Å². The van der Waals surface area contributed by atoms with Gasteiger partial charge in [0.25, 0.3) is 22.9 Å². The van der Waals surface area contributed by atoms with Crippen LogP contribution >= 0.6 is 0 Å². The number of anilines is 1. The lowest BCUT2D eigenvalue weighted by Crippen LogP contribution is -2.62. The summed E-state index contributed by atoms with van der Waals surface area (Å²) >= 11 is 0.